The van der Waals surface area contributed by atoms with Gasteiger partial charge in [0.05, 0.1) is 7.11 Å². The number of amides is 2. The highest BCUT2D eigenvalue weighted by molar-refractivity contribution is 6.06. The van der Waals surface area contributed by atoms with Crippen LogP contribution < -0.4 is 5.32 Å². The number of nitrogens with zero attached hydrogens (tertiary/aromatic N) is 3. The molecule has 1 fully saturated rings. The smallest absolute Gasteiger partial charge is 0.409 e. The van der Waals surface area contributed by atoms with Gasteiger partial charge >= 0.3 is 6.09 Å². The summed E-state index contributed by atoms with van der Waals surface area (Å²) in [6, 6.07) is 9.28. The van der Waals surface area contributed by atoms with Crippen molar-refractivity contribution < 1.29 is 14.3 Å². The number of methoxy groups -OCH3 is 1. The fourth-order valence-electron chi connectivity index (χ4n) is 2.32. The van der Waals surface area contributed by atoms with Gasteiger partial charge < -0.3 is 19.9 Å². The molecule has 0 unspecified atom stereocenters. The number of ether oxygens (including phenoxy) is 1. The van der Waals surface area contributed by atoms with E-state index >= 15 is 0 Å². The van der Waals surface area contributed by atoms with E-state index in [4.69, 9.17) is 0 Å². The number of aryl methyl sites for hydroxylation is 1. The van der Waals surface area contributed by atoms with Crippen LogP contribution in [0.1, 0.15) is 5.56 Å². The van der Waals surface area contributed by atoms with Gasteiger partial charge in [-0.1, -0.05) is 17.7 Å². The first-order valence-electron chi connectivity index (χ1n) is 7.60. The fourth-order valence-corrected chi connectivity index (χ4v) is 2.32. The highest BCUT2D eigenvalue weighted by Crippen LogP contribution is 2.11. The zero-order valence-electron chi connectivity index (χ0n) is 13.8. The molecule has 126 valence electrons. The third-order valence-corrected chi connectivity index (χ3v) is 3.73. The van der Waals surface area contributed by atoms with E-state index in [1.165, 1.54) is 13.3 Å². The molecule has 0 spiro atoms. The van der Waals surface area contributed by atoms with E-state index in [-0.39, 0.29) is 11.7 Å². The number of piperazine rings is 1. The van der Waals surface area contributed by atoms with Crippen LogP contribution in [0.5, 0.6) is 0 Å². The molecular weight excluding hydrogens is 308 g/mol. The summed E-state index contributed by atoms with van der Waals surface area (Å²) in [6.45, 7) is 4.01. The molecule has 0 atom stereocenters. The molecule has 7 nitrogen and oxygen atoms in total. The number of hydrogen-bond donors (Lipinski definition) is 1. The number of nitrogens with one attached hydrogen (secondary N) is 1. The minimum Gasteiger partial charge on any atom is -0.453 e. The van der Waals surface area contributed by atoms with E-state index in [9.17, 15) is 14.9 Å². The van der Waals surface area contributed by atoms with Gasteiger partial charge in [-0.3, -0.25) is 4.79 Å². The number of rotatable bonds is 3. The van der Waals surface area contributed by atoms with Crippen molar-refractivity contribution in [3.63, 3.8) is 0 Å². The van der Waals surface area contributed by atoms with Crippen LogP contribution in [0.3, 0.4) is 0 Å². The average molecular weight is 328 g/mol. The number of benzene rings is 1. The standard InChI is InChI=1S/C17H20N4O3/c1-13-3-5-15(6-4-13)19-16(22)14(11-18)12-20-7-9-21(10-8-20)17(23)24-2/h3-6,12H,7-10H2,1-2H3,(H,19,22)/b14-12-. The van der Waals surface area contributed by atoms with Crippen LogP contribution in [-0.4, -0.2) is 55.1 Å². The maximum atomic E-state index is 12.2. The van der Waals surface area contributed by atoms with Gasteiger partial charge in [-0.05, 0) is 19.1 Å². The number of anilines is 1. The summed E-state index contributed by atoms with van der Waals surface area (Å²) in [7, 11) is 1.35. The molecule has 0 bridgehead atoms. The van der Waals surface area contributed by atoms with Crippen LogP contribution in [0, 0.1) is 18.3 Å². The number of carbonyl (C=O) groups is 2. The molecule has 1 aliphatic rings. The van der Waals surface area contributed by atoms with E-state index in [0.717, 1.165) is 5.56 Å². The van der Waals surface area contributed by atoms with E-state index in [2.05, 4.69) is 10.1 Å². The number of hydrogen-bond acceptors (Lipinski definition) is 5. The van der Waals surface area contributed by atoms with E-state index in [1.807, 2.05) is 30.0 Å². The molecule has 1 aromatic carbocycles. The molecule has 0 radical (unpaired) electrons. The van der Waals surface area contributed by atoms with Gasteiger partial charge in [-0.25, -0.2) is 4.79 Å². The fraction of sp³-hybridized carbons (Fsp3) is 0.353. The summed E-state index contributed by atoms with van der Waals surface area (Å²) in [5, 5.41) is 11.9. The number of nitriles is 1. The second-order valence-electron chi connectivity index (χ2n) is 5.47. The highest BCUT2D eigenvalue weighted by atomic mass is 16.5. The molecule has 1 aromatic rings. The van der Waals surface area contributed by atoms with Gasteiger partial charge in [0.1, 0.15) is 11.6 Å². The minimum absolute atomic E-state index is 0.0297. The molecule has 2 rings (SSSR count). The Balaban J connectivity index is 1.97. The molecule has 0 saturated carbocycles. The van der Waals surface area contributed by atoms with Crippen molar-refractivity contribution in [1.29, 1.82) is 5.26 Å². The van der Waals surface area contributed by atoms with E-state index in [1.54, 1.807) is 17.0 Å². The van der Waals surface area contributed by atoms with Crippen LogP contribution in [0.15, 0.2) is 36.0 Å². The topological polar surface area (TPSA) is 85.7 Å². The Morgan fingerprint density at radius 3 is 2.38 bits per heavy atom. The van der Waals surface area contributed by atoms with Crippen molar-refractivity contribution in [2.45, 2.75) is 6.92 Å². The Hall–Kier alpha value is -3.01. The molecular formula is C17H20N4O3. The summed E-state index contributed by atoms with van der Waals surface area (Å²) in [5.74, 6) is -0.447. The van der Waals surface area contributed by atoms with E-state index in [0.29, 0.717) is 31.9 Å². The Labute approximate surface area is 141 Å². The summed E-state index contributed by atoms with van der Waals surface area (Å²) >= 11 is 0. The summed E-state index contributed by atoms with van der Waals surface area (Å²) in [5.41, 5.74) is 1.76. The van der Waals surface area contributed by atoms with E-state index < -0.39 is 5.91 Å². The lowest BCUT2D eigenvalue weighted by Crippen LogP contribution is -2.47. The minimum atomic E-state index is -0.447. The van der Waals surface area contributed by atoms with Gasteiger partial charge in [0.2, 0.25) is 0 Å². The van der Waals surface area contributed by atoms with Crippen LogP contribution in [0.4, 0.5) is 10.5 Å². The first-order chi connectivity index (χ1) is 11.5. The maximum absolute atomic E-state index is 12.2. The Kier molecular flexibility index (Phi) is 5.79. The predicted molar refractivity (Wildman–Crippen MR) is 89.1 cm³/mol. The van der Waals surface area contributed by atoms with Crippen molar-refractivity contribution in [3.8, 4) is 6.07 Å². The summed E-state index contributed by atoms with van der Waals surface area (Å²) in [6.07, 6.45) is 1.18. The first kappa shape index (κ1) is 17.3. The Morgan fingerprint density at radius 1 is 1.21 bits per heavy atom. The Bertz CT molecular complexity index is 668. The van der Waals surface area contributed by atoms with Gasteiger partial charge in [0.25, 0.3) is 5.91 Å². The van der Waals surface area contributed by atoms with Crippen LogP contribution in [-0.2, 0) is 9.53 Å². The number of carbonyl (C=O) groups excluding carboxylic acids is 2. The lowest BCUT2D eigenvalue weighted by Gasteiger charge is -2.33. The lowest BCUT2D eigenvalue weighted by molar-refractivity contribution is -0.112. The Morgan fingerprint density at radius 2 is 1.83 bits per heavy atom. The summed E-state index contributed by atoms with van der Waals surface area (Å²) in [4.78, 5) is 27.1. The van der Waals surface area contributed by atoms with Crippen molar-refractivity contribution in [1.82, 2.24) is 9.80 Å². The molecule has 7 heteroatoms. The van der Waals surface area contributed by atoms with Gasteiger partial charge in [0, 0.05) is 38.1 Å². The average Bonchev–Trinajstić information content (AvgIpc) is 2.61. The molecule has 1 saturated heterocycles. The van der Waals surface area contributed by atoms with Gasteiger partial charge in [0.15, 0.2) is 0 Å². The zero-order valence-corrected chi connectivity index (χ0v) is 13.8. The van der Waals surface area contributed by atoms with Crippen molar-refractivity contribution in [2.24, 2.45) is 0 Å². The van der Waals surface area contributed by atoms with Gasteiger partial charge in [-0.15, -0.1) is 0 Å². The van der Waals surface area contributed by atoms with Crippen molar-refractivity contribution in [3.05, 3.63) is 41.6 Å². The first-order valence-corrected chi connectivity index (χ1v) is 7.60. The van der Waals surface area contributed by atoms with Crippen LogP contribution in [0.25, 0.3) is 0 Å². The third kappa shape index (κ3) is 4.49. The second-order valence-corrected chi connectivity index (χ2v) is 5.47. The van der Waals surface area contributed by atoms with Crippen LogP contribution >= 0.6 is 0 Å². The molecule has 1 aliphatic heterocycles. The van der Waals surface area contributed by atoms with Crippen molar-refractivity contribution >= 4 is 17.7 Å². The summed E-state index contributed by atoms with van der Waals surface area (Å²) < 4.78 is 4.68. The predicted octanol–water partition coefficient (Wildman–Crippen LogP) is 1.72. The second kappa shape index (κ2) is 8.02. The molecule has 24 heavy (non-hydrogen) atoms. The van der Waals surface area contributed by atoms with Gasteiger partial charge in [-0.2, -0.15) is 5.26 Å². The monoisotopic (exact) mass is 328 g/mol. The SMILES string of the molecule is COC(=O)N1CCN(/C=C(/C#N)C(=O)Nc2ccc(C)cc2)CC1. The van der Waals surface area contributed by atoms with Crippen molar-refractivity contribution in [2.75, 3.05) is 38.6 Å². The molecule has 0 aromatic heterocycles. The molecule has 1 heterocycles. The molecule has 0 aliphatic carbocycles. The van der Waals surface area contributed by atoms with Crippen LogP contribution in [0.2, 0.25) is 0 Å². The maximum Gasteiger partial charge on any atom is 0.409 e. The third-order valence-electron chi connectivity index (χ3n) is 3.73. The largest absolute Gasteiger partial charge is 0.453 e. The zero-order chi connectivity index (χ0) is 17.5. The molecule has 1 N–H and O–H groups in total. The quantitative estimate of drug-likeness (QED) is 0.674. The normalized spacial score (nSPS) is 14.8. The lowest BCUT2D eigenvalue weighted by atomic mass is 10.2. The highest BCUT2D eigenvalue weighted by Gasteiger charge is 2.21. The molecule has 2 amide bonds.